The number of ether oxygens (including phenoxy) is 2. The summed E-state index contributed by atoms with van der Waals surface area (Å²) in [6.45, 7) is 1.15. The van der Waals surface area contributed by atoms with Gasteiger partial charge in [0.1, 0.15) is 5.15 Å². The molecule has 2 aromatic rings. The van der Waals surface area contributed by atoms with E-state index in [0.717, 1.165) is 12.0 Å². The summed E-state index contributed by atoms with van der Waals surface area (Å²) in [5, 5.41) is 0.232. The average Bonchev–Trinajstić information content (AvgIpc) is 2.59. The van der Waals surface area contributed by atoms with E-state index in [1.807, 2.05) is 12.1 Å². The van der Waals surface area contributed by atoms with Gasteiger partial charge in [-0.1, -0.05) is 11.6 Å². The van der Waals surface area contributed by atoms with Gasteiger partial charge < -0.3 is 14.4 Å². The standard InChI is InChI=1S/C17H17ClN2O3/c1-22-14-8-11-5-7-20(10-12(11)9-15(14)23-2)17(21)13-4-3-6-19-16(13)18/h3-4,6,8-9H,5,7,10H2,1-2H3. The van der Waals surface area contributed by atoms with Gasteiger partial charge in [-0.3, -0.25) is 4.79 Å². The number of nitrogens with zero attached hydrogens (tertiary/aromatic N) is 2. The van der Waals surface area contributed by atoms with Crippen molar-refractivity contribution in [2.45, 2.75) is 13.0 Å². The Labute approximate surface area is 139 Å². The van der Waals surface area contributed by atoms with Crippen LogP contribution in [0, 0.1) is 0 Å². The largest absolute Gasteiger partial charge is 0.493 e. The van der Waals surface area contributed by atoms with E-state index < -0.39 is 0 Å². The molecule has 0 aliphatic carbocycles. The highest BCUT2D eigenvalue weighted by molar-refractivity contribution is 6.32. The molecule has 0 bridgehead atoms. The molecule has 0 fully saturated rings. The van der Waals surface area contributed by atoms with E-state index in [9.17, 15) is 4.79 Å². The third-order valence-electron chi connectivity index (χ3n) is 3.99. The summed E-state index contributed by atoms with van der Waals surface area (Å²) in [5.74, 6) is 1.27. The first-order valence-corrected chi connectivity index (χ1v) is 7.65. The molecule has 1 aliphatic rings. The normalized spacial score (nSPS) is 13.4. The molecule has 1 amide bonds. The lowest BCUT2D eigenvalue weighted by atomic mass is 9.98. The Bertz CT molecular complexity index is 749. The smallest absolute Gasteiger partial charge is 0.257 e. The molecule has 2 heterocycles. The molecular formula is C17H17ClN2O3. The molecule has 0 radical (unpaired) electrons. The van der Waals surface area contributed by atoms with Crippen molar-refractivity contribution in [2.75, 3.05) is 20.8 Å². The number of fused-ring (bicyclic) bond motifs is 1. The lowest BCUT2D eigenvalue weighted by Gasteiger charge is -2.29. The molecule has 0 saturated heterocycles. The van der Waals surface area contributed by atoms with Crippen LogP contribution in [-0.4, -0.2) is 36.6 Å². The fourth-order valence-electron chi connectivity index (χ4n) is 2.77. The summed E-state index contributed by atoms with van der Waals surface area (Å²) in [6, 6.07) is 7.32. The minimum absolute atomic E-state index is 0.108. The predicted molar refractivity (Wildman–Crippen MR) is 87.2 cm³/mol. The number of hydrogen-bond donors (Lipinski definition) is 0. The number of amides is 1. The van der Waals surface area contributed by atoms with Crippen LogP contribution in [0.4, 0.5) is 0 Å². The Hall–Kier alpha value is -2.27. The molecule has 0 atom stereocenters. The Balaban J connectivity index is 1.88. The van der Waals surface area contributed by atoms with Crippen molar-refractivity contribution < 1.29 is 14.3 Å². The lowest BCUT2D eigenvalue weighted by Crippen LogP contribution is -2.36. The first-order valence-electron chi connectivity index (χ1n) is 7.27. The van der Waals surface area contributed by atoms with Gasteiger partial charge in [-0.05, 0) is 41.8 Å². The highest BCUT2D eigenvalue weighted by Crippen LogP contribution is 2.33. The van der Waals surface area contributed by atoms with Gasteiger partial charge in [0.15, 0.2) is 11.5 Å². The summed E-state index contributed by atoms with van der Waals surface area (Å²) >= 11 is 6.03. The predicted octanol–water partition coefficient (Wildman–Crippen LogP) is 2.95. The third kappa shape index (κ3) is 2.97. The van der Waals surface area contributed by atoms with Crippen molar-refractivity contribution in [3.8, 4) is 11.5 Å². The van der Waals surface area contributed by atoms with Crippen molar-refractivity contribution >= 4 is 17.5 Å². The van der Waals surface area contributed by atoms with Gasteiger partial charge in [-0.2, -0.15) is 0 Å². The number of hydrogen-bond acceptors (Lipinski definition) is 4. The number of methoxy groups -OCH3 is 2. The maximum atomic E-state index is 12.7. The molecule has 120 valence electrons. The molecule has 0 saturated carbocycles. The molecule has 5 nitrogen and oxygen atoms in total. The van der Waals surface area contributed by atoms with E-state index in [-0.39, 0.29) is 11.1 Å². The molecule has 1 aromatic carbocycles. The number of pyridine rings is 1. The van der Waals surface area contributed by atoms with E-state index >= 15 is 0 Å². The molecule has 6 heteroatoms. The first-order chi connectivity index (χ1) is 11.1. The van der Waals surface area contributed by atoms with Crippen LogP contribution in [0.5, 0.6) is 11.5 Å². The van der Waals surface area contributed by atoms with E-state index in [1.54, 1.807) is 37.4 Å². The molecule has 3 rings (SSSR count). The van der Waals surface area contributed by atoms with E-state index in [1.165, 1.54) is 5.56 Å². The van der Waals surface area contributed by atoms with Crippen LogP contribution >= 0.6 is 11.6 Å². The summed E-state index contributed by atoms with van der Waals surface area (Å²) in [6.07, 6.45) is 2.33. The Morgan fingerprint density at radius 2 is 1.91 bits per heavy atom. The minimum Gasteiger partial charge on any atom is -0.493 e. The Morgan fingerprint density at radius 1 is 1.22 bits per heavy atom. The molecule has 0 spiro atoms. The topological polar surface area (TPSA) is 51.7 Å². The van der Waals surface area contributed by atoms with Crippen LogP contribution in [0.2, 0.25) is 5.15 Å². The van der Waals surface area contributed by atoms with Gasteiger partial charge in [0, 0.05) is 19.3 Å². The number of benzene rings is 1. The second kappa shape index (κ2) is 6.46. The van der Waals surface area contributed by atoms with Gasteiger partial charge in [0.25, 0.3) is 5.91 Å². The zero-order chi connectivity index (χ0) is 16.4. The van der Waals surface area contributed by atoms with E-state index in [0.29, 0.717) is 30.2 Å². The SMILES string of the molecule is COc1cc2c(cc1OC)CN(C(=O)c1cccnc1Cl)CC2. The van der Waals surface area contributed by atoms with Crippen LogP contribution in [0.15, 0.2) is 30.5 Å². The number of aromatic nitrogens is 1. The number of rotatable bonds is 3. The van der Waals surface area contributed by atoms with E-state index in [2.05, 4.69) is 4.98 Å². The fourth-order valence-corrected chi connectivity index (χ4v) is 2.97. The van der Waals surface area contributed by atoms with Crippen LogP contribution in [-0.2, 0) is 13.0 Å². The Kier molecular flexibility index (Phi) is 4.39. The number of halogens is 1. The van der Waals surface area contributed by atoms with Crippen LogP contribution in [0.1, 0.15) is 21.5 Å². The van der Waals surface area contributed by atoms with Gasteiger partial charge in [0.2, 0.25) is 0 Å². The number of carbonyl (C=O) groups excluding carboxylic acids is 1. The molecule has 1 aliphatic heterocycles. The van der Waals surface area contributed by atoms with Gasteiger partial charge >= 0.3 is 0 Å². The van der Waals surface area contributed by atoms with Crippen molar-refractivity contribution in [1.82, 2.24) is 9.88 Å². The van der Waals surface area contributed by atoms with Crippen LogP contribution < -0.4 is 9.47 Å². The number of carbonyl (C=O) groups is 1. The lowest BCUT2D eigenvalue weighted by molar-refractivity contribution is 0.0734. The molecule has 0 N–H and O–H groups in total. The summed E-state index contributed by atoms with van der Waals surface area (Å²) in [7, 11) is 3.22. The van der Waals surface area contributed by atoms with Crippen molar-refractivity contribution in [3.63, 3.8) is 0 Å². The fraction of sp³-hybridized carbons (Fsp3) is 0.294. The zero-order valence-electron chi connectivity index (χ0n) is 13.0. The highest BCUT2D eigenvalue weighted by Gasteiger charge is 2.25. The molecule has 0 unspecified atom stereocenters. The quantitative estimate of drug-likeness (QED) is 0.811. The second-order valence-electron chi connectivity index (χ2n) is 5.29. The maximum Gasteiger partial charge on any atom is 0.257 e. The van der Waals surface area contributed by atoms with Crippen LogP contribution in [0.3, 0.4) is 0 Å². The summed E-state index contributed by atoms with van der Waals surface area (Å²) < 4.78 is 10.7. The summed E-state index contributed by atoms with van der Waals surface area (Å²) in [5.41, 5.74) is 2.66. The van der Waals surface area contributed by atoms with Gasteiger partial charge in [-0.25, -0.2) is 4.98 Å². The highest BCUT2D eigenvalue weighted by atomic mass is 35.5. The molecule has 23 heavy (non-hydrogen) atoms. The van der Waals surface area contributed by atoms with Crippen molar-refractivity contribution in [1.29, 1.82) is 0 Å². The molecular weight excluding hydrogens is 316 g/mol. The maximum absolute atomic E-state index is 12.7. The summed E-state index contributed by atoms with van der Waals surface area (Å²) in [4.78, 5) is 18.4. The minimum atomic E-state index is -0.108. The average molecular weight is 333 g/mol. The van der Waals surface area contributed by atoms with Gasteiger partial charge in [0.05, 0.1) is 19.8 Å². The van der Waals surface area contributed by atoms with Crippen LogP contribution in [0.25, 0.3) is 0 Å². The monoisotopic (exact) mass is 332 g/mol. The zero-order valence-corrected chi connectivity index (χ0v) is 13.8. The second-order valence-corrected chi connectivity index (χ2v) is 5.65. The Morgan fingerprint density at radius 3 is 2.57 bits per heavy atom. The third-order valence-corrected chi connectivity index (χ3v) is 4.30. The van der Waals surface area contributed by atoms with E-state index in [4.69, 9.17) is 21.1 Å². The first kappa shape index (κ1) is 15.6. The van der Waals surface area contributed by atoms with Crippen molar-refractivity contribution in [2.24, 2.45) is 0 Å². The molecule has 1 aromatic heterocycles. The van der Waals surface area contributed by atoms with Gasteiger partial charge in [-0.15, -0.1) is 0 Å². The van der Waals surface area contributed by atoms with Crippen molar-refractivity contribution in [3.05, 3.63) is 52.3 Å².